The van der Waals surface area contributed by atoms with Crippen molar-refractivity contribution in [2.45, 2.75) is 16.2 Å². The Hall–Kier alpha value is -1.85. The van der Waals surface area contributed by atoms with Crippen LogP contribution in [0, 0.1) is 0 Å². The van der Waals surface area contributed by atoms with Gasteiger partial charge in [0.1, 0.15) is 0 Å². The summed E-state index contributed by atoms with van der Waals surface area (Å²) >= 11 is 5.14. The second-order valence-electron chi connectivity index (χ2n) is 5.14. The summed E-state index contributed by atoms with van der Waals surface area (Å²) in [6.45, 7) is 0.282. The van der Waals surface area contributed by atoms with Crippen LogP contribution < -0.4 is 10.3 Å². The van der Waals surface area contributed by atoms with Crippen molar-refractivity contribution in [1.29, 1.82) is 0 Å². The van der Waals surface area contributed by atoms with E-state index in [1.54, 1.807) is 12.1 Å². The monoisotopic (exact) mass is 400 g/mol. The summed E-state index contributed by atoms with van der Waals surface area (Å²) in [7, 11) is -7.46. The summed E-state index contributed by atoms with van der Waals surface area (Å²) in [5, 5.41) is 10.3. The number of nitrogens with two attached hydrogens (primary N) is 2. The molecule has 0 amide bonds. The molecule has 0 saturated heterocycles. The van der Waals surface area contributed by atoms with Gasteiger partial charge in [0.15, 0.2) is 5.05 Å². The number of hydrogen-bond acceptors (Lipinski definition) is 6. The fourth-order valence-corrected chi connectivity index (χ4v) is 3.22. The summed E-state index contributed by atoms with van der Waals surface area (Å²) in [4.78, 5) is 0.0385. The van der Waals surface area contributed by atoms with Crippen molar-refractivity contribution < 1.29 is 21.6 Å². The SMILES string of the molecule is NS(=O)(=O)c1ccc(CCOC(=S)c2ccc(S(N)(=O)=O)cc2)cc1. The van der Waals surface area contributed by atoms with E-state index in [9.17, 15) is 16.8 Å². The lowest BCUT2D eigenvalue weighted by molar-refractivity contribution is 0.318. The van der Waals surface area contributed by atoms with E-state index in [2.05, 4.69) is 0 Å². The molecule has 2 aromatic carbocycles. The minimum Gasteiger partial charge on any atom is -0.483 e. The molecule has 0 spiro atoms. The number of benzene rings is 2. The van der Waals surface area contributed by atoms with Gasteiger partial charge in [0, 0.05) is 12.0 Å². The van der Waals surface area contributed by atoms with Gasteiger partial charge in [-0.2, -0.15) is 0 Å². The van der Waals surface area contributed by atoms with Gasteiger partial charge in [-0.25, -0.2) is 27.1 Å². The second kappa shape index (κ2) is 7.58. The molecule has 0 aliphatic carbocycles. The van der Waals surface area contributed by atoms with E-state index in [1.165, 1.54) is 36.4 Å². The normalized spacial score (nSPS) is 11.9. The number of ether oxygens (including phenoxy) is 1. The van der Waals surface area contributed by atoms with E-state index >= 15 is 0 Å². The van der Waals surface area contributed by atoms with Crippen LogP contribution in [0.5, 0.6) is 0 Å². The molecule has 10 heteroatoms. The first-order chi connectivity index (χ1) is 11.6. The van der Waals surface area contributed by atoms with Crippen LogP contribution in [0.4, 0.5) is 0 Å². The van der Waals surface area contributed by atoms with Crippen molar-refractivity contribution in [2.24, 2.45) is 10.3 Å². The zero-order valence-corrected chi connectivity index (χ0v) is 15.4. The van der Waals surface area contributed by atoms with Crippen LogP contribution in [0.2, 0.25) is 0 Å². The summed E-state index contributed by atoms with van der Waals surface area (Å²) in [6.07, 6.45) is 0.514. The van der Waals surface area contributed by atoms with E-state index in [-0.39, 0.29) is 21.4 Å². The average Bonchev–Trinajstić information content (AvgIpc) is 2.54. The van der Waals surface area contributed by atoms with Gasteiger partial charge in [0.2, 0.25) is 20.0 Å². The maximum Gasteiger partial charge on any atom is 0.238 e. The first-order valence-electron chi connectivity index (χ1n) is 6.99. The fraction of sp³-hybridized carbons (Fsp3) is 0.133. The molecule has 134 valence electrons. The predicted molar refractivity (Wildman–Crippen MR) is 97.0 cm³/mol. The summed E-state index contributed by atoms with van der Waals surface area (Å²) in [6, 6.07) is 11.9. The minimum atomic E-state index is -3.75. The molecule has 0 fully saturated rings. The van der Waals surface area contributed by atoms with Gasteiger partial charge in [-0.05, 0) is 54.2 Å². The van der Waals surface area contributed by atoms with E-state index in [0.717, 1.165) is 5.56 Å². The molecule has 2 aromatic rings. The van der Waals surface area contributed by atoms with Crippen molar-refractivity contribution in [3.05, 3.63) is 59.7 Å². The average molecular weight is 401 g/mol. The smallest absolute Gasteiger partial charge is 0.238 e. The largest absolute Gasteiger partial charge is 0.483 e. The van der Waals surface area contributed by atoms with Crippen LogP contribution in [-0.2, 0) is 31.2 Å². The molecule has 0 unspecified atom stereocenters. The van der Waals surface area contributed by atoms with E-state index in [0.29, 0.717) is 12.0 Å². The van der Waals surface area contributed by atoms with Crippen LogP contribution in [0.15, 0.2) is 58.3 Å². The maximum absolute atomic E-state index is 11.2. The third-order valence-corrected chi connectivity index (χ3v) is 5.51. The Morgan fingerprint density at radius 2 is 1.28 bits per heavy atom. The highest BCUT2D eigenvalue weighted by Gasteiger charge is 2.10. The van der Waals surface area contributed by atoms with Crippen LogP contribution in [-0.4, -0.2) is 28.5 Å². The fourth-order valence-electron chi connectivity index (χ4n) is 1.97. The summed E-state index contributed by atoms with van der Waals surface area (Å²) in [5.74, 6) is 0. The Balaban J connectivity index is 1.92. The van der Waals surface area contributed by atoms with Gasteiger partial charge in [0.05, 0.1) is 16.4 Å². The topological polar surface area (TPSA) is 130 Å². The predicted octanol–water partition coefficient (Wildman–Crippen LogP) is 0.916. The van der Waals surface area contributed by atoms with E-state index < -0.39 is 20.0 Å². The second-order valence-corrected chi connectivity index (χ2v) is 8.64. The van der Waals surface area contributed by atoms with Crippen molar-refractivity contribution >= 4 is 37.3 Å². The molecular formula is C15H16N2O5S3. The third kappa shape index (κ3) is 5.58. The van der Waals surface area contributed by atoms with Crippen molar-refractivity contribution in [2.75, 3.05) is 6.61 Å². The maximum atomic E-state index is 11.2. The molecule has 0 saturated carbocycles. The Bertz CT molecular complexity index is 967. The molecule has 0 aliphatic heterocycles. The van der Waals surface area contributed by atoms with Crippen LogP contribution >= 0.6 is 12.2 Å². The molecule has 0 bridgehead atoms. The highest BCUT2D eigenvalue weighted by Crippen LogP contribution is 2.12. The number of rotatable bonds is 6. The highest BCUT2D eigenvalue weighted by atomic mass is 32.2. The van der Waals surface area contributed by atoms with Gasteiger partial charge in [0.25, 0.3) is 0 Å². The zero-order valence-electron chi connectivity index (χ0n) is 13.0. The van der Waals surface area contributed by atoms with Gasteiger partial charge in [-0.3, -0.25) is 0 Å². The van der Waals surface area contributed by atoms with Crippen LogP contribution in [0.25, 0.3) is 0 Å². The first-order valence-corrected chi connectivity index (χ1v) is 10.5. The molecular weight excluding hydrogens is 384 g/mol. The van der Waals surface area contributed by atoms with Crippen molar-refractivity contribution in [3.63, 3.8) is 0 Å². The number of sulfonamides is 2. The lowest BCUT2D eigenvalue weighted by Crippen LogP contribution is -2.13. The van der Waals surface area contributed by atoms with Gasteiger partial charge in [-0.1, -0.05) is 12.1 Å². The zero-order chi connectivity index (χ0) is 18.7. The quantitative estimate of drug-likeness (QED) is 0.694. The van der Waals surface area contributed by atoms with E-state index in [4.69, 9.17) is 27.2 Å². The summed E-state index contributed by atoms with van der Waals surface area (Å²) in [5.41, 5.74) is 1.42. The van der Waals surface area contributed by atoms with Gasteiger partial charge < -0.3 is 4.74 Å². The Labute approximate surface area is 151 Å². The molecule has 4 N–H and O–H groups in total. The molecule has 0 aromatic heterocycles. The number of thiocarbonyl (C=S) groups is 1. The summed E-state index contributed by atoms with van der Waals surface area (Å²) < 4.78 is 50.2. The minimum absolute atomic E-state index is 0.00556. The number of primary sulfonamides is 2. The molecule has 0 radical (unpaired) electrons. The molecule has 25 heavy (non-hydrogen) atoms. The van der Waals surface area contributed by atoms with Crippen molar-refractivity contribution in [1.82, 2.24) is 0 Å². The van der Waals surface area contributed by atoms with Crippen molar-refractivity contribution in [3.8, 4) is 0 Å². The van der Waals surface area contributed by atoms with Gasteiger partial charge in [-0.15, -0.1) is 0 Å². The number of hydrogen-bond donors (Lipinski definition) is 2. The Morgan fingerprint density at radius 1 is 0.840 bits per heavy atom. The van der Waals surface area contributed by atoms with E-state index in [1.807, 2.05) is 0 Å². The lowest BCUT2D eigenvalue weighted by atomic mass is 10.2. The van der Waals surface area contributed by atoms with Crippen LogP contribution in [0.1, 0.15) is 11.1 Å². The lowest BCUT2D eigenvalue weighted by Gasteiger charge is -2.08. The molecule has 0 aliphatic rings. The molecule has 0 atom stereocenters. The standard InChI is InChI=1S/C15H16N2O5S3/c16-24(18,19)13-5-1-11(2-6-13)9-10-22-15(23)12-3-7-14(8-4-12)25(17,20)21/h1-8H,9-10H2,(H2,16,18,19)(H2,17,20,21). The first kappa shape index (κ1) is 19.5. The van der Waals surface area contributed by atoms with Crippen LogP contribution in [0.3, 0.4) is 0 Å². The highest BCUT2D eigenvalue weighted by molar-refractivity contribution is 7.89. The molecule has 0 heterocycles. The Kier molecular flexibility index (Phi) is 5.91. The molecule has 7 nitrogen and oxygen atoms in total. The van der Waals surface area contributed by atoms with Gasteiger partial charge >= 0.3 is 0 Å². The third-order valence-electron chi connectivity index (χ3n) is 3.29. The molecule has 2 rings (SSSR count). The Morgan fingerprint density at radius 3 is 1.72 bits per heavy atom.